The molecule has 11 heavy (non-hydrogen) atoms. The number of hydrogen-bond acceptors (Lipinski definition) is 3. The van der Waals surface area contributed by atoms with Gasteiger partial charge in [-0.25, -0.2) is 0 Å². The summed E-state index contributed by atoms with van der Waals surface area (Å²) in [6, 6.07) is -0.326. The second-order valence-corrected chi connectivity index (χ2v) is 2.69. The van der Waals surface area contributed by atoms with Gasteiger partial charge in [-0.15, -0.1) is 0 Å². The molecule has 0 spiro atoms. The average Bonchev–Trinajstić information content (AvgIpc) is 1.99. The van der Waals surface area contributed by atoms with Crippen molar-refractivity contribution in [2.45, 2.75) is 25.8 Å². The minimum Gasteiger partial charge on any atom is -0.395 e. The molecule has 5 N–H and O–H groups in total. The normalized spacial score (nSPS) is 15.9. The number of primary amides is 1. The Hall–Kier alpha value is -0.610. The van der Waals surface area contributed by atoms with Crippen LogP contribution in [-0.4, -0.2) is 23.7 Å². The maximum absolute atomic E-state index is 10.7. The van der Waals surface area contributed by atoms with E-state index in [0.717, 1.165) is 0 Å². The van der Waals surface area contributed by atoms with E-state index < -0.39 is 0 Å². The van der Waals surface area contributed by atoms with Crippen molar-refractivity contribution >= 4 is 5.91 Å². The predicted octanol–water partition coefficient (Wildman–Crippen LogP) is -0.792. The number of hydrogen-bond donors (Lipinski definition) is 3. The molecule has 2 unspecified atom stereocenters. The van der Waals surface area contributed by atoms with Crippen LogP contribution in [0.3, 0.4) is 0 Å². The first-order valence-corrected chi connectivity index (χ1v) is 3.77. The lowest BCUT2D eigenvalue weighted by Crippen LogP contribution is -2.32. The van der Waals surface area contributed by atoms with Crippen LogP contribution in [0.4, 0.5) is 0 Å². The zero-order valence-electron chi connectivity index (χ0n) is 6.79. The van der Waals surface area contributed by atoms with Gasteiger partial charge in [0.1, 0.15) is 0 Å². The molecule has 4 nitrogen and oxygen atoms in total. The van der Waals surface area contributed by atoms with Gasteiger partial charge < -0.3 is 16.6 Å². The summed E-state index contributed by atoms with van der Waals surface area (Å²) in [5.74, 6) is -0.534. The zero-order valence-corrected chi connectivity index (χ0v) is 6.79. The summed E-state index contributed by atoms with van der Waals surface area (Å²) in [5.41, 5.74) is 10.5. The lowest BCUT2D eigenvalue weighted by Gasteiger charge is -2.14. The fourth-order valence-corrected chi connectivity index (χ4v) is 0.924. The Kier molecular flexibility index (Phi) is 4.81. The van der Waals surface area contributed by atoms with Crippen LogP contribution in [0.1, 0.15) is 19.8 Å². The van der Waals surface area contributed by atoms with Crippen LogP contribution >= 0.6 is 0 Å². The monoisotopic (exact) mass is 160 g/mol. The molecule has 0 aromatic heterocycles. The van der Waals surface area contributed by atoms with E-state index in [9.17, 15) is 4.79 Å². The molecule has 0 heterocycles. The summed E-state index contributed by atoms with van der Waals surface area (Å²) < 4.78 is 0. The van der Waals surface area contributed by atoms with Crippen molar-refractivity contribution in [1.82, 2.24) is 0 Å². The van der Waals surface area contributed by atoms with Crippen molar-refractivity contribution in [2.75, 3.05) is 6.61 Å². The molecular formula is C7H16N2O2. The second kappa shape index (κ2) is 5.09. The van der Waals surface area contributed by atoms with E-state index in [2.05, 4.69) is 0 Å². The molecule has 0 saturated heterocycles. The highest BCUT2D eigenvalue weighted by molar-refractivity contribution is 5.76. The van der Waals surface area contributed by atoms with Crippen molar-refractivity contribution < 1.29 is 9.90 Å². The van der Waals surface area contributed by atoms with Gasteiger partial charge in [0.15, 0.2) is 0 Å². The van der Waals surface area contributed by atoms with Gasteiger partial charge in [0.2, 0.25) is 5.91 Å². The first-order chi connectivity index (χ1) is 5.11. The second-order valence-electron chi connectivity index (χ2n) is 2.69. The van der Waals surface area contributed by atoms with Crippen LogP contribution in [0.2, 0.25) is 0 Å². The topological polar surface area (TPSA) is 89.3 Å². The van der Waals surface area contributed by atoms with E-state index in [1.165, 1.54) is 0 Å². The molecule has 2 atom stereocenters. The molecule has 0 rings (SSSR count). The number of carbonyl (C=O) groups excluding carboxylic acids is 1. The number of amides is 1. The van der Waals surface area contributed by atoms with Crippen LogP contribution < -0.4 is 11.5 Å². The van der Waals surface area contributed by atoms with Gasteiger partial charge in [-0.3, -0.25) is 4.79 Å². The Morgan fingerprint density at radius 2 is 2.18 bits per heavy atom. The molecule has 0 aliphatic heterocycles. The molecule has 4 heteroatoms. The molecular weight excluding hydrogens is 144 g/mol. The number of aliphatic hydroxyl groups is 1. The third-order valence-electron chi connectivity index (χ3n) is 1.72. The maximum Gasteiger partial charge on any atom is 0.220 e. The molecule has 0 aliphatic rings. The van der Waals surface area contributed by atoms with Gasteiger partial charge >= 0.3 is 0 Å². The van der Waals surface area contributed by atoms with E-state index in [1.807, 2.05) is 6.92 Å². The summed E-state index contributed by atoms with van der Waals surface area (Å²) in [6.45, 7) is 1.78. The van der Waals surface area contributed by atoms with Crippen molar-refractivity contribution in [3.63, 3.8) is 0 Å². The summed E-state index contributed by atoms with van der Waals surface area (Å²) in [5, 5.41) is 8.58. The Morgan fingerprint density at radius 3 is 2.45 bits per heavy atom. The van der Waals surface area contributed by atoms with Crippen LogP contribution in [0.15, 0.2) is 0 Å². The third-order valence-corrected chi connectivity index (χ3v) is 1.72. The van der Waals surface area contributed by atoms with Crippen molar-refractivity contribution in [2.24, 2.45) is 17.4 Å². The fraction of sp³-hybridized carbons (Fsp3) is 0.857. The summed E-state index contributed by atoms with van der Waals surface area (Å²) in [6.07, 6.45) is 1.16. The standard InChI is InChI=1S/C7H16N2O2/c1-2-5(7(9)11)3-6(8)4-10/h5-6,10H,2-4,8H2,1H3,(H2,9,11). The van der Waals surface area contributed by atoms with Crippen LogP contribution in [0.25, 0.3) is 0 Å². The van der Waals surface area contributed by atoms with Crippen LogP contribution in [0, 0.1) is 5.92 Å². The molecule has 0 aliphatic carbocycles. The van der Waals surface area contributed by atoms with Gasteiger partial charge in [0, 0.05) is 12.0 Å². The SMILES string of the molecule is CCC(CC(N)CO)C(N)=O. The van der Waals surface area contributed by atoms with E-state index in [1.54, 1.807) is 0 Å². The number of nitrogens with two attached hydrogens (primary N) is 2. The van der Waals surface area contributed by atoms with Gasteiger partial charge in [0.25, 0.3) is 0 Å². The maximum atomic E-state index is 10.7. The lowest BCUT2D eigenvalue weighted by molar-refractivity contribution is -0.122. The van der Waals surface area contributed by atoms with Gasteiger partial charge in [-0.2, -0.15) is 0 Å². The highest BCUT2D eigenvalue weighted by atomic mass is 16.3. The van der Waals surface area contributed by atoms with E-state index >= 15 is 0 Å². The Morgan fingerprint density at radius 1 is 1.64 bits per heavy atom. The molecule has 0 bridgehead atoms. The van der Waals surface area contributed by atoms with Crippen molar-refractivity contribution in [3.05, 3.63) is 0 Å². The third kappa shape index (κ3) is 3.95. The predicted molar refractivity (Wildman–Crippen MR) is 42.7 cm³/mol. The zero-order chi connectivity index (χ0) is 8.85. The molecule has 0 aromatic carbocycles. The quantitative estimate of drug-likeness (QED) is 0.492. The molecule has 1 amide bonds. The first-order valence-electron chi connectivity index (χ1n) is 3.77. The summed E-state index contributed by atoms with van der Waals surface area (Å²) in [4.78, 5) is 10.7. The largest absolute Gasteiger partial charge is 0.395 e. The molecule has 0 fully saturated rings. The lowest BCUT2D eigenvalue weighted by atomic mass is 9.97. The van der Waals surface area contributed by atoms with Crippen molar-refractivity contribution in [3.8, 4) is 0 Å². The number of aliphatic hydroxyl groups excluding tert-OH is 1. The Labute approximate surface area is 66.6 Å². The smallest absolute Gasteiger partial charge is 0.220 e. The van der Waals surface area contributed by atoms with Gasteiger partial charge in [0.05, 0.1) is 6.61 Å². The molecule has 0 saturated carbocycles. The Bertz CT molecular complexity index is 128. The van der Waals surface area contributed by atoms with E-state index in [4.69, 9.17) is 16.6 Å². The van der Waals surface area contributed by atoms with Crippen molar-refractivity contribution in [1.29, 1.82) is 0 Å². The van der Waals surface area contributed by atoms with Gasteiger partial charge in [-0.05, 0) is 12.8 Å². The Balaban J connectivity index is 3.77. The molecule has 0 aromatic rings. The number of carbonyl (C=O) groups is 1. The molecule has 66 valence electrons. The highest BCUT2D eigenvalue weighted by Gasteiger charge is 2.15. The van der Waals surface area contributed by atoms with E-state index in [-0.39, 0.29) is 24.5 Å². The average molecular weight is 160 g/mol. The molecule has 0 radical (unpaired) electrons. The minimum atomic E-state index is -0.337. The number of rotatable bonds is 5. The fourth-order valence-electron chi connectivity index (χ4n) is 0.924. The first kappa shape index (κ1) is 10.4. The summed E-state index contributed by atoms with van der Waals surface area (Å²) in [7, 11) is 0. The minimum absolute atomic E-state index is 0.0935. The summed E-state index contributed by atoms with van der Waals surface area (Å²) >= 11 is 0. The van der Waals surface area contributed by atoms with Crippen LogP contribution in [-0.2, 0) is 4.79 Å². The van der Waals surface area contributed by atoms with E-state index in [0.29, 0.717) is 12.8 Å². The van der Waals surface area contributed by atoms with Gasteiger partial charge in [-0.1, -0.05) is 6.92 Å². The highest BCUT2D eigenvalue weighted by Crippen LogP contribution is 2.08. The van der Waals surface area contributed by atoms with Crippen LogP contribution in [0.5, 0.6) is 0 Å².